The van der Waals surface area contributed by atoms with E-state index in [1.54, 1.807) is 0 Å². The molecule has 2 aromatic heterocycles. The van der Waals surface area contributed by atoms with Crippen LogP contribution in [0.4, 0.5) is 47.1 Å². The maximum atomic E-state index is 12.5. The summed E-state index contributed by atoms with van der Waals surface area (Å²) in [5, 5.41) is 33.9. The van der Waals surface area contributed by atoms with Gasteiger partial charge in [0.05, 0.1) is 108 Å². The molecule has 0 fully saturated rings. The molecule has 74 heavy (non-hydrogen) atoms. The fourth-order valence-corrected chi connectivity index (χ4v) is 7.47. The van der Waals surface area contributed by atoms with Crippen molar-refractivity contribution in [3.05, 3.63) is 47.5 Å². The molecule has 0 amide bonds. The maximum Gasteiger partial charge on any atom is 1.00 e. The van der Waals surface area contributed by atoms with Crippen molar-refractivity contribution < 1.29 is 287 Å². The van der Waals surface area contributed by atoms with Crippen molar-refractivity contribution in [3.63, 3.8) is 0 Å². The van der Waals surface area contributed by atoms with Gasteiger partial charge in [-0.3, -0.25) is 0 Å². The molecule has 0 bridgehead atoms. The van der Waals surface area contributed by atoms with Gasteiger partial charge in [0.2, 0.25) is 35.7 Å². The predicted octanol–water partition coefficient (Wildman–Crippen LogP) is -13.7. The Balaban J connectivity index is 0.0000133. The third-order valence-corrected chi connectivity index (χ3v) is 11.5. The van der Waals surface area contributed by atoms with Crippen LogP contribution in [0.5, 0.6) is 0 Å². The van der Waals surface area contributed by atoms with Crippen LogP contribution >= 0.6 is 0 Å². The van der Waals surface area contributed by atoms with Crippen LogP contribution in [-0.4, -0.2) is 196 Å². The third kappa shape index (κ3) is 31.2. The smallest absolute Gasteiger partial charge is 0.748 e. The number of rotatable bonds is 34. The van der Waals surface area contributed by atoms with E-state index in [4.69, 9.17) is 29.2 Å². The number of hydrogen-bond donors (Lipinski definition) is 8. The van der Waals surface area contributed by atoms with Gasteiger partial charge in [0.1, 0.15) is 20.2 Å². The molecule has 8 N–H and O–H groups in total. The molecule has 0 aliphatic heterocycles. The summed E-state index contributed by atoms with van der Waals surface area (Å²) < 4.78 is 163. The average molecular weight is 1220 g/mol. The van der Waals surface area contributed by atoms with E-state index in [9.17, 15) is 51.9 Å². The summed E-state index contributed by atoms with van der Waals surface area (Å²) in [7, 11) is -19.7. The summed E-state index contributed by atoms with van der Waals surface area (Å²) in [5.41, 5.74) is -0.595. The van der Waals surface area contributed by atoms with Gasteiger partial charge >= 0.3 is 206 Å². The fraction of sp³-hybridized carbons (Fsp3) is 0.444. The quantitative estimate of drug-likeness (QED) is 0.00932. The largest absolute Gasteiger partial charge is 1.00 e. The first kappa shape index (κ1) is 74.9. The number of hydrogen-bond acceptors (Lipinski definition) is 30. The molecule has 0 saturated carbocycles. The molecule has 2 aromatic carbocycles. The number of aromatic nitrogens is 6. The summed E-state index contributed by atoms with van der Waals surface area (Å²) in [6.07, 6.45) is 2.14. The molecule has 0 aliphatic rings. The number of benzene rings is 2. The van der Waals surface area contributed by atoms with Crippen molar-refractivity contribution in [2.45, 2.75) is 9.79 Å². The van der Waals surface area contributed by atoms with E-state index in [2.05, 4.69) is 61.8 Å². The van der Waals surface area contributed by atoms with Gasteiger partial charge in [-0.1, -0.05) is 24.3 Å². The van der Waals surface area contributed by atoms with Crippen molar-refractivity contribution in [2.24, 2.45) is 0 Å². The van der Waals surface area contributed by atoms with Gasteiger partial charge in [0, 0.05) is 37.6 Å². The van der Waals surface area contributed by atoms with Crippen LogP contribution in [0.25, 0.3) is 12.2 Å². The zero-order chi connectivity index (χ0) is 51.2. The van der Waals surface area contributed by atoms with E-state index in [-0.39, 0.29) is 356 Å². The number of aliphatic hydroxyl groups is 2. The van der Waals surface area contributed by atoms with Gasteiger partial charge in [-0.15, -0.1) is 0 Å². The molecule has 0 saturated heterocycles. The monoisotopic (exact) mass is 1220 g/mol. The van der Waals surface area contributed by atoms with Gasteiger partial charge in [-0.2, -0.15) is 29.9 Å². The Kier molecular flexibility index (Phi) is 39.1. The Hall–Kier alpha value is 0.945. The van der Waals surface area contributed by atoms with E-state index in [1.807, 2.05) is 0 Å². The maximum absolute atomic E-state index is 12.5. The molecule has 0 radical (unpaired) electrons. The second kappa shape index (κ2) is 38.6. The Labute approximate surface area is 597 Å². The van der Waals surface area contributed by atoms with Crippen molar-refractivity contribution in [1.29, 1.82) is 0 Å². The molecule has 4 rings (SSSR count). The first-order valence-corrected chi connectivity index (χ1v) is 26.4. The topological polar surface area (TPSA) is 456 Å². The first-order chi connectivity index (χ1) is 33.1. The van der Waals surface area contributed by atoms with Gasteiger partial charge in [0.15, 0.2) is 0 Å². The van der Waals surface area contributed by atoms with Crippen molar-refractivity contribution in [2.75, 3.05) is 136 Å². The van der Waals surface area contributed by atoms with E-state index in [1.165, 1.54) is 24.3 Å². The number of nitrogens with one attached hydrogen (secondary N) is 6. The van der Waals surface area contributed by atoms with Gasteiger partial charge in [-0.25, -0.2) is 33.7 Å². The van der Waals surface area contributed by atoms with Gasteiger partial charge in [-0.05, 0) is 35.4 Å². The molecule has 30 nitrogen and oxygen atoms in total. The third-order valence-electron chi connectivity index (χ3n) is 8.34. The van der Waals surface area contributed by atoms with E-state index in [0.29, 0.717) is 0 Å². The number of ether oxygens (including phenoxy) is 4. The Morgan fingerprint density at radius 3 is 1.03 bits per heavy atom. The molecule has 2 heterocycles. The van der Waals surface area contributed by atoms with E-state index < -0.39 is 61.8 Å². The zero-order valence-corrected chi connectivity index (χ0v) is 56.4. The molecule has 0 aliphatic carbocycles. The van der Waals surface area contributed by atoms with E-state index in [0.717, 1.165) is 24.3 Å². The van der Waals surface area contributed by atoms with Crippen LogP contribution in [0.2, 0.25) is 0 Å². The Morgan fingerprint density at radius 1 is 0.432 bits per heavy atom. The molecular weight excluding hydrogens is 1170 g/mol. The predicted molar refractivity (Wildman–Crippen MR) is 244 cm³/mol. The first-order valence-electron chi connectivity index (χ1n) is 20.4. The second-order valence-corrected chi connectivity index (χ2v) is 19.5. The molecular formula is C36H48K4N12O18S4. The fourth-order valence-electron chi connectivity index (χ4n) is 5.37. The number of nitrogens with zero attached hydrogens (tertiary/aromatic N) is 6. The normalized spacial score (nSPS) is 11.6. The minimum Gasteiger partial charge on any atom is -0.748 e. The van der Waals surface area contributed by atoms with Gasteiger partial charge in [0.25, 0.3) is 0 Å². The molecule has 38 heteroatoms. The minimum absolute atomic E-state index is 0. The van der Waals surface area contributed by atoms with Crippen LogP contribution in [0.1, 0.15) is 11.1 Å². The van der Waals surface area contributed by atoms with E-state index >= 15 is 0 Å². The average Bonchev–Trinajstić information content (AvgIpc) is 3.26. The van der Waals surface area contributed by atoms with Crippen molar-refractivity contribution in [1.82, 2.24) is 29.9 Å². The summed E-state index contributed by atoms with van der Waals surface area (Å²) in [4.78, 5) is 23.2. The Morgan fingerprint density at radius 2 is 0.730 bits per heavy atom. The van der Waals surface area contributed by atoms with Crippen LogP contribution in [-0.2, 0) is 59.4 Å². The second-order valence-electron chi connectivity index (χ2n) is 13.7. The van der Waals surface area contributed by atoms with Crippen LogP contribution in [0.3, 0.4) is 0 Å². The SMILES string of the molecule is O=S(=O)([O-])CCNc1nc(NCCOCCOCCO)nc(Nc2ccc(C=Cc3ccc(Nc4nc(NCCOCCOCCO)nc(NCCS(=O)(=O)[O-])n4)cc3S(=O)(=O)[O-])c(S(=O)(=O)[O-])c2)n1.[K+].[K+].[K+].[K+]. The number of anilines is 8. The summed E-state index contributed by atoms with van der Waals surface area (Å²) in [6, 6.07) is 6.80. The van der Waals surface area contributed by atoms with Crippen molar-refractivity contribution >= 4 is 99.7 Å². The summed E-state index contributed by atoms with van der Waals surface area (Å²) >= 11 is 0. The van der Waals surface area contributed by atoms with Gasteiger partial charge < -0.3 is 79.3 Å². The van der Waals surface area contributed by atoms with Crippen LogP contribution < -0.4 is 237 Å². The molecule has 4 aromatic rings. The summed E-state index contributed by atoms with van der Waals surface area (Å²) in [6.45, 7) is 0.655. The summed E-state index contributed by atoms with van der Waals surface area (Å²) in [5.74, 6) is -2.68. The van der Waals surface area contributed by atoms with Crippen molar-refractivity contribution in [3.8, 4) is 0 Å². The number of aliphatic hydroxyl groups excluding tert-OH is 2. The molecule has 0 spiro atoms. The molecule has 388 valence electrons. The standard InChI is InChI=1S/C36H52N12O18S4.4K/c49-11-15-65-19-17-63-13-7-37-31-43-33(39-9-21-67(51,52)53)47-35(45-31)41-27-5-3-25(29(23-27)69(57,58)59)1-2-26-4-6-28(24-30(26)70(60,61)62)42-36-46-32(38-8-14-64-18-20-66-16-12-50)44-34(48-36)40-10-22-68(54,55)56;;;;/h1-6,23-24,49-50H,7-22H2,(H,51,52,53)(H,54,55,56)(H,57,58,59)(H,60,61,62)(H3,37,39,41,43,45,47)(H3,38,40,42,44,46,48);;;;/q;4*+1/p-4. The minimum atomic E-state index is -5.26. The van der Waals surface area contributed by atoms with Crippen LogP contribution in [0.15, 0.2) is 46.2 Å². The zero-order valence-electron chi connectivity index (χ0n) is 40.7. The Bertz CT molecular complexity index is 2650. The molecule has 0 unspecified atom stereocenters. The van der Waals surface area contributed by atoms with Crippen LogP contribution in [0, 0.1) is 0 Å². The molecule has 0 atom stereocenters.